The maximum absolute atomic E-state index is 13.4. The van der Waals surface area contributed by atoms with Crippen LogP contribution in [0, 0.1) is 6.92 Å². The molecule has 32 heavy (non-hydrogen) atoms. The van der Waals surface area contributed by atoms with E-state index in [1.54, 1.807) is 14.2 Å². The fraction of sp³-hybridized carbons (Fsp3) is 0.435. The molecule has 1 saturated heterocycles. The number of amides is 1. The number of carbonyl (C=O) groups excluding carboxylic acids is 1. The zero-order chi connectivity index (χ0) is 22.7. The molecular weight excluding hydrogens is 448 g/mol. The van der Waals surface area contributed by atoms with Gasteiger partial charge in [0.1, 0.15) is 11.4 Å². The van der Waals surface area contributed by atoms with Crippen molar-refractivity contribution in [1.29, 1.82) is 0 Å². The lowest BCUT2D eigenvalue weighted by atomic mass is 10.2. The van der Waals surface area contributed by atoms with Crippen LogP contribution >= 0.6 is 22.9 Å². The standard InChI is InChI=1S/C23H27ClN4O3S/c1-15-19-21(31-3)25-18(14-30-2)26-22(19)32-20(15)23(29)28-10-4-9-27(11-12-28)13-16-5-7-17(24)8-6-16/h5-8H,4,9-14H2,1-3H3. The number of benzene rings is 1. The first kappa shape index (κ1) is 22.9. The summed E-state index contributed by atoms with van der Waals surface area (Å²) >= 11 is 7.40. The van der Waals surface area contributed by atoms with Gasteiger partial charge in [0.05, 0.1) is 17.4 Å². The number of ether oxygens (including phenoxy) is 2. The van der Waals surface area contributed by atoms with Gasteiger partial charge in [-0.25, -0.2) is 4.98 Å². The minimum Gasteiger partial charge on any atom is -0.480 e. The maximum Gasteiger partial charge on any atom is 0.264 e. The van der Waals surface area contributed by atoms with E-state index in [1.807, 2.05) is 24.0 Å². The quantitative estimate of drug-likeness (QED) is 0.534. The predicted molar refractivity (Wildman–Crippen MR) is 127 cm³/mol. The molecule has 0 saturated carbocycles. The summed E-state index contributed by atoms with van der Waals surface area (Å²) in [6.45, 7) is 6.31. The molecule has 7 nitrogen and oxygen atoms in total. The minimum atomic E-state index is 0.0502. The van der Waals surface area contributed by atoms with Crippen LogP contribution < -0.4 is 4.74 Å². The maximum atomic E-state index is 13.4. The van der Waals surface area contributed by atoms with Gasteiger partial charge in [0.15, 0.2) is 5.82 Å². The fourth-order valence-corrected chi connectivity index (χ4v) is 5.30. The minimum absolute atomic E-state index is 0.0502. The number of carbonyl (C=O) groups is 1. The number of aryl methyl sites for hydroxylation is 1. The van der Waals surface area contributed by atoms with Crippen LogP contribution in [0.4, 0.5) is 0 Å². The number of aromatic nitrogens is 2. The van der Waals surface area contributed by atoms with Crippen molar-refractivity contribution < 1.29 is 14.3 Å². The third-order valence-electron chi connectivity index (χ3n) is 5.66. The molecule has 1 amide bonds. The Labute approximate surface area is 196 Å². The Balaban J connectivity index is 1.51. The van der Waals surface area contributed by atoms with Crippen molar-refractivity contribution in [2.24, 2.45) is 0 Å². The second kappa shape index (κ2) is 10.1. The highest BCUT2D eigenvalue weighted by Crippen LogP contribution is 2.35. The molecule has 0 unspecified atom stereocenters. The monoisotopic (exact) mass is 474 g/mol. The number of rotatable bonds is 6. The Morgan fingerprint density at radius 2 is 1.91 bits per heavy atom. The van der Waals surface area contributed by atoms with Crippen molar-refractivity contribution in [1.82, 2.24) is 19.8 Å². The molecular formula is C23H27ClN4O3S. The molecule has 0 radical (unpaired) electrons. The average Bonchev–Trinajstić information content (AvgIpc) is 2.96. The van der Waals surface area contributed by atoms with Crippen LogP contribution in [0.1, 0.15) is 33.0 Å². The predicted octanol–water partition coefficient (Wildman–Crippen LogP) is 4.16. The number of nitrogens with zero attached hydrogens (tertiary/aromatic N) is 4. The first-order chi connectivity index (χ1) is 15.5. The third kappa shape index (κ3) is 4.88. The molecule has 4 rings (SSSR count). The van der Waals surface area contributed by atoms with Gasteiger partial charge in [-0.15, -0.1) is 11.3 Å². The smallest absolute Gasteiger partial charge is 0.264 e. The molecule has 0 atom stereocenters. The van der Waals surface area contributed by atoms with Gasteiger partial charge in [0.2, 0.25) is 5.88 Å². The summed E-state index contributed by atoms with van der Waals surface area (Å²) in [6, 6.07) is 7.96. The van der Waals surface area contributed by atoms with E-state index < -0.39 is 0 Å². The lowest BCUT2D eigenvalue weighted by Gasteiger charge is -2.22. The Morgan fingerprint density at radius 3 is 2.62 bits per heavy atom. The molecule has 0 aliphatic carbocycles. The Bertz CT molecular complexity index is 1100. The van der Waals surface area contributed by atoms with E-state index in [0.29, 0.717) is 29.7 Å². The molecule has 0 bridgehead atoms. The summed E-state index contributed by atoms with van der Waals surface area (Å²) in [5.41, 5.74) is 2.10. The van der Waals surface area contributed by atoms with Crippen molar-refractivity contribution >= 4 is 39.1 Å². The van der Waals surface area contributed by atoms with Gasteiger partial charge >= 0.3 is 0 Å². The molecule has 0 spiro atoms. The largest absolute Gasteiger partial charge is 0.480 e. The molecule has 1 aromatic carbocycles. The summed E-state index contributed by atoms with van der Waals surface area (Å²) in [5.74, 6) is 1.08. The van der Waals surface area contributed by atoms with Crippen molar-refractivity contribution in [3.63, 3.8) is 0 Å². The third-order valence-corrected chi connectivity index (χ3v) is 7.09. The van der Waals surface area contributed by atoms with E-state index in [1.165, 1.54) is 16.9 Å². The van der Waals surface area contributed by atoms with Gasteiger partial charge in [0.25, 0.3) is 5.91 Å². The number of halogens is 1. The molecule has 0 N–H and O–H groups in total. The molecule has 3 heterocycles. The Kier molecular flexibility index (Phi) is 7.25. The summed E-state index contributed by atoms with van der Waals surface area (Å²) < 4.78 is 10.7. The van der Waals surface area contributed by atoms with E-state index in [2.05, 4.69) is 27.0 Å². The lowest BCUT2D eigenvalue weighted by molar-refractivity contribution is 0.0765. The highest BCUT2D eigenvalue weighted by atomic mass is 35.5. The van der Waals surface area contributed by atoms with Crippen molar-refractivity contribution in [2.75, 3.05) is 40.4 Å². The Hall–Kier alpha value is -2.26. The molecule has 1 aliphatic rings. The van der Waals surface area contributed by atoms with E-state index in [4.69, 9.17) is 21.1 Å². The van der Waals surface area contributed by atoms with Crippen LogP contribution in [0.15, 0.2) is 24.3 Å². The van der Waals surface area contributed by atoms with Crippen molar-refractivity contribution in [3.8, 4) is 5.88 Å². The van der Waals surface area contributed by atoms with E-state index in [-0.39, 0.29) is 5.91 Å². The van der Waals surface area contributed by atoms with Crippen LogP contribution in [-0.2, 0) is 17.9 Å². The topological polar surface area (TPSA) is 67.8 Å². The SMILES string of the molecule is COCc1nc(OC)c2c(C)c(C(=O)N3CCCN(Cc4ccc(Cl)cc4)CC3)sc2n1. The van der Waals surface area contributed by atoms with Gasteiger partial charge in [0, 0.05) is 44.9 Å². The Morgan fingerprint density at radius 1 is 1.12 bits per heavy atom. The number of hydrogen-bond acceptors (Lipinski definition) is 7. The van der Waals surface area contributed by atoms with Crippen LogP contribution in [0.5, 0.6) is 5.88 Å². The van der Waals surface area contributed by atoms with E-state index in [9.17, 15) is 4.79 Å². The fourth-order valence-electron chi connectivity index (χ4n) is 4.01. The van der Waals surface area contributed by atoms with Gasteiger partial charge in [-0.1, -0.05) is 23.7 Å². The van der Waals surface area contributed by atoms with E-state index in [0.717, 1.165) is 53.4 Å². The van der Waals surface area contributed by atoms with Crippen LogP contribution in [0.3, 0.4) is 0 Å². The zero-order valence-electron chi connectivity index (χ0n) is 18.6. The van der Waals surface area contributed by atoms with Gasteiger partial charge < -0.3 is 14.4 Å². The highest BCUT2D eigenvalue weighted by Gasteiger charge is 2.26. The van der Waals surface area contributed by atoms with Crippen LogP contribution in [0.2, 0.25) is 5.02 Å². The van der Waals surface area contributed by atoms with Crippen molar-refractivity contribution in [2.45, 2.75) is 26.5 Å². The molecule has 3 aromatic rings. The number of hydrogen-bond donors (Lipinski definition) is 0. The lowest BCUT2D eigenvalue weighted by Crippen LogP contribution is -2.35. The zero-order valence-corrected chi connectivity index (χ0v) is 20.1. The summed E-state index contributed by atoms with van der Waals surface area (Å²) in [4.78, 5) is 28.3. The second-order valence-electron chi connectivity index (χ2n) is 7.87. The van der Waals surface area contributed by atoms with Gasteiger partial charge in [-0.3, -0.25) is 9.69 Å². The summed E-state index contributed by atoms with van der Waals surface area (Å²) in [7, 11) is 3.19. The number of thiophene rings is 1. The average molecular weight is 475 g/mol. The second-order valence-corrected chi connectivity index (χ2v) is 9.30. The summed E-state index contributed by atoms with van der Waals surface area (Å²) in [6.07, 6.45) is 0.935. The van der Waals surface area contributed by atoms with Crippen LogP contribution in [0.25, 0.3) is 10.2 Å². The highest BCUT2D eigenvalue weighted by molar-refractivity contribution is 7.20. The summed E-state index contributed by atoms with van der Waals surface area (Å²) in [5, 5.41) is 1.55. The first-order valence-corrected chi connectivity index (χ1v) is 11.8. The normalized spacial score (nSPS) is 15.2. The van der Waals surface area contributed by atoms with E-state index >= 15 is 0 Å². The van der Waals surface area contributed by atoms with Gasteiger partial charge in [-0.05, 0) is 36.6 Å². The van der Waals surface area contributed by atoms with Crippen LogP contribution in [-0.4, -0.2) is 66.1 Å². The van der Waals surface area contributed by atoms with Crippen molar-refractivity contribution in [3.05, 3.63) is 51.1 Å². The number of fused-ring (bicyclic) bond motifs is 1. The first-order valence-electron chi connectivity index (χ1n) is 10.6. The van der Waals surface area contributed by atoms with Gasteiger partial charge in [-0.2, -0.15) is 4.98 Å². The molecule has 170 valence electrons. The molecule has 2 aromatic heterocycles. The molecule has 9 heteroatoms. The molecule has 1 fully saturated rings. The molecule has 1 aliphatic heterocycles. The number of methoxy groups -OCH3 is 2.